The molecule has 3 nitrogen and oxygen atoms in total. The van der Waals surface area contributed by atoms with E-state index in [0.29, 0.717) is 0 Å². The summed E-state index contributed by atoms with van der Waals surface area (Å²) in [5.74, 6) is 0.258. The van der Waals surface area contributed by atoms with Crippen LogP contribution < -0.4 is 4.90 Å². The number of anilines is 1. The summed E-state index contributed by atoms with van der Waals surface area (Å²) in [6.07, 6.45) is 1.69. The van der Waals surface area contributed by atoms with Gasteiger partial charge in [-0.15, -0.1) is 0 Å². The molecule has 0 atom stereocenters. The van der Waals surface area contributed by atoms with Crippen molar-refractivity contribution in [2.45, 2.75) is 13.8 Å². The molecule has 2 aromatic carbocycles. The van der Waals surface area contributed by atoms with Gasteiger partial charge in [-0.3, -0.25) is 4.99 Å². The number of benzene rings is 2. The number of nitrogens with zero attached hydrogens (tertiary/aromatic N) is 2. The highest BCUT2D eigenvalue weighted by Crippen LogP contribution is 2.24. The highest BCUT2D eigenvalue weighted by Gasteiger charge is 2.05. The molecule has 0 saturated heterocycles. The number of phenols is 1. The van der Waals surface area contributed by atoms with Gasteiger partial charge in [0.25, 0.3) is 0 Å². The summed E-state index contributed by atoms with van der Waals surface area (Å²) in [6, 6.07) is 15.4. The number of hydrogen-bond donors (Lipinski definition) is 1. The molecular weight excluding hydrogens is 248 g/mol. The summed E-state index contributed by atoms with van der Waals surface area (Å²) in [5.41, 5.74) is 2.63. The van der Waals surface area contributed by atoms with E-state index in [1.165, 1.54) is 0 Å². The molecule has 0 spiro atoms. The van der Waals surface area contributed by atoms with E-state index in [1.807, 2.05) is 42.5 Å². The fourth-order valence-corrected chi connectivity index (χ4v) is 2.08. The lowest BCUT2D eigenvalue weighted by Gasteiger charge is -2.21. The standard InChI is InChI=1S/C17H20N2O/c1-3-19(4-2)16-11-10-14(17(20)12-16)13-18-15-8-6-5-7-9-15/h5-13,20H,3-4H2,1-2H3. The van der Waals surface area contributed by atoms with Gasteiger partial charge in [0.2, 0.25) is 0 Å². The van der Waals surface area contributed by atoms with E-state index in [-0.39, 0.29) is 5.75 Å². The van der Waals surface area contributed by atoms with Crippen LogP contribution in [0, 0.1) is 0 Å². The van der Waals surface area contributed by atoms with Crippen molar-refractivity contribution >= 4 is 17.6 Å². The van der Waals surface area contributed by atoms with Gasteiger partial charge in [0, 0.05) is 36.6 Å². The van der Waals surface area contributed by atoms with Crippen LogP contribution >= 0.6 is 0 Å². The first-order valence-electron chi connectivity index (χ1n) is 6.91. The average molecular weight is 268 g/mol. The largest absolute Gasteiger partial charge is 0.507 e. The monoisotopic (exact) mass is 268 g/mol. The predicted octanol–water partition coefficient (Wildman–Crippen LogP) is 3.99. The zero-order valence-electron chi connectivity index (χ0n) is 12.0. The molecule has 0 aliphatic carbocycles. The molecule has 3 heteroatoms. The summed E-state index contributed by atoms with van der Waals surface area (Å²) in [6.45, 7) is 6.05. The van der Waals surface area contributed by atoms with Crippen molar-refractivity contribution in [3.05, 3.63) is 54.1 Å². The Hall–Kier alpha value is -2.29. The topological polar surface area (TPSA) is 35.8 Å². The molecule has 0 bridgehead atoms. The van der Waals surface area contributed by atoms with Crippen molar-refractivity contribution in [2.24, 2.45) is 4.99 Å². The van der Waals surface area contributed by atoms with Crippen LogP contribution in [0.2, 0.25) is 0 Å². The predicted molar refractivity (Wildman–Crippen MR) is 85.4 cm³/mol. The molecule has 1 N–H and O–H groups in total. The van der Waals surface area contributed by atoms with E-state index in [0.717, 1.165) is 30.0 Å². The van der Waals surface area contributed by atoms with Crippen LogP contribution in [0.3, 0.4) is 0 Å². The summed E-state index contributed by atoms with van der Waals surface area (Å²) in [4.78, 5) is 6.55. The van der Waals surface area contributed by atoms with Crippen LogP contribution in [0.15, 0.2) is 53.5 Å². The molecule has 0 aliphatic rings. The van der Waals surface area contributed by atoms with Gasteiger partial charge in [-0.05, 0) is 38.1 Å². The van der Waals surface area contributed by atoms with Crippen LogP contribution in [0.25, 0.3) is 0 Å². The zero-order valence-corrected chi connectivity index (χ0v) is 12.0. The minimum Gasteiger partial charge on any atom is -0.507 e. The molecule has 2 rings (SSSR count). The van der Waals surface area contributed by atoms with Gasteiger partial charge in [-0.1, -0.05) is 18.2 Å². The third-order valence-electron chi connectivity index (χ3n) is 3.25. The Morgan fingerprint density at radius 3 is 2.35 bits per heavy atom. The highest BCUT2D eigenvalue weighted by molar-refractivity contribution is 5.86. The Kier molecular flexibility index (Phi) is 4.77. The second-order valence-corrected chi connectivity index (χ2v) is 4.51. The first-order chi connectivity index (χ1) is 9.74. The smallest absolute Gasteiger partial charge is 0.126 e. The minimum atomic E-state index is 0.258. The van der Waals surface area contributed by atoms with Gasteiger partial charge < -0.3 is 10.0 Å². The lowest BCUT2D eigenvalue weighted by molar-refractivity contribution is 0.474. The molecule has 0 amide bonds. The number of rotatable bonds is 5. The summed E-state index contributed by atoms with van der Waals surface area (Å²) >= 11 is 0. The summed E-state index contributed by atoms with van der Waals surface area (Å²) < 4.78 is 0. The third kappa shape index (κ3) is 3.38. The van der Waals surface area contributed by atoms with Gasteiger partial charge >= 0.3 is 0 Å². The maximum atomic E-state index is 10.1. The van der Waals surface area contributed by atoms with Crippen LogP contribution in [0.4, 0.5) is 11.4 Å². The second kappa shape index (κ2) is 6.75. The first kappa shape index (κ1) is 14.1. The molecule has 0 unspecified atom stereocenters. The van der Waals surface area contributed by atoms with Crippen LogP contribution in [-0.2, 0) is 0 Å². The maximum Gasteiger partial charge on any atom is 0.126 e. The molecule has 0 aromatic heterocycles. The Morgan fingerprint density at radius 2 is 1.75 bits per heavy atom. The van der Waals surface area contributed by atoms with Crippen molar-refractivity contribution in [3.63, 3.8) is 0 Å². The van der Waals surface area contributed by atoms with Gasteiger partial charge in [0.15, 0.2) is 0 Å². The fraction of sp³-hybridized carbons (Fsp3) is 0.235. The lowest BCUT2D eigenvalue weighted by atomic mass is 10.2. The minimum absolute atomic E-state index is 0.258. The molecule has 104 valence electrons. The number of phenolic OH excluding ortho intramolecular Hbond substituents is 1. The number of hydrogen-bond acceptors (Lipinski definition) is 3. The van der Waals surface area contributed by atoms with Crippen molar-refractivity contribution in [3.8, 4) is 5.75 Å². The fourth-order valence-electron chi connectivity index (χ4n) is 2.08. The molecular formula is C17H20N2O. The normalized spacial score (nSPS) is 10.9. The summed E-state index contributed by atoms with van der Waals surface area (Å²) in [5, 5.41) is 10.1. The first-order valence-corrected chi connectivity index (χ1v) is 6.91. The van der Waals surface area contributed by atoms with Crippen LogP contribution in [0.5, 0.6) is 5.75 Å². The van der Waals surface area contributed by atoms with E-state index >= 15 is 0 Å². The highest BCUT2D eigenvalue weighted by atomic mass is 16.3. The van der Waals surface area contributed by atoms with E-state index in [4.69, 9.17) is 0 Å². The van der Waals surface area contributed by atoms with E-state index in [1.54, 1.807) is 12.3 Å². The summed E-state index contributed by atoms with van der Waals surface area (Å²) in [7, 11) is 0. The Bertz CT molecular complexity index is 575. The molecule has 0 aliphatic heterocycles. The zero-order chi connectivity index (χ0) is 14.4. The molecule has 0 heterocycles. The van der Waals surface area contributed by atoms with Gasteiger partial charge in [-0.25, -0.2) is 0 Å². The second-order valence-electron chi connectivity index (χ2n) is 4.51. The molecule has 2 aromatic rings. The third-order valence-corrected chi connectivity index (χ3v) is 3.25. The van der Waals surface area contributed by atoms with Crippen molar-refractivity contribution in [1.29, 1.82) is 0 Å². The van der Waals surface area contributed by atoms with Crippen LogP contribution in [-0.4, -0.2) is 24.4 Å². The van der Waals surface area contributed by atoms with Crippen LogP contribution in [0.1, 0.15) is 19.4 Å². The molecule has 0 fully saturated rings. The number of para-hydroxylation sites is 1. The van der Waals surface area contributed by atoms with Crippen molar-refractivity contribution in [2.75, 3.05) is 18.0 Å². The Labute approximate surface area is 120 Å². The molecule has 20 heavy (non-hydrogen) atoms. The Balaban J connectivity index is 2.20. The number of aromatic hydroxyl groups is 1. The quantitative estimate of drug-likeness (QED) is 0.832. The molecule has 0 radical (unpaired) electrons. The van der Waals surface area contributed by atoms with Crippen molar-refractivity contribution < 1.29 is 5.11 Å². The van der Waals surface area contributed by atoms with Gasteiger partial charge in [-0.2, -0.15) is 0 Å². The average Bonchev–Trinajstić information content (AvgIpc) is 2.49. The van der Waals surface area contributed by atoms with Gasteiger partial charge in [0.05, 0.1) is 5.69 Å². The maximum absolute atomic E-state index is 10.1. The Morgan fingerprint density at radius 1 is 1.05 bits per heavy atom. The van der Waals surface area contributed by atoms with E-state index in [9.17, 15) is 5.11 Å². The SMILES string of the molecule is CCN(CC)c1ccc(C=Nc2ccccc2)c(O)c1. The van der Waals surface area contributed by atoms with E-state index in [2.05, 4.69) is 23.7 Å². The van der Waals surface area contributed by atoms with E-state index < -0.39 is 0 Å². The van der Waals surface area contributed by atoms with Gasteiger partial charge in [0.1, 0.15) is 5.75 Å². The molecule has 0 saturated carbocycles. The number of aliphatic imine (C=N–C) groups is 1. The lowest BCUT2D eigenvalue weighted by Crippen LogP contribution is -2.21. The van der Waals surface area contributed by atoms with Crippen molar-refractivity contribution in [1.82, 2.24) is 0 Å².